The molecule has 2 atom stereocenters. The van der Waals surface area contributed by atoms with Gasteiger partial charge in [0.2, 0.25) is 0 Å². The molecule has 1 saturated heterocycles. The lowest BCUT2D eigenvalue weighted by Gasteiger charge is -2.42. The first kappa shape index (κ1) is 10.4. The molecule has 2 rings (SSSR count). The molecular weight excluding hydrogens is 178 g/mol. The lowest BCUT2D eigenvalue weighted by Crippen LogP contribution is -2.61. The maximum absolute atomic E-state index is 9.89. The normalized spacial score (nSPS) is 37.3. The third-order valence-corrected chi connectivity index (χ3v) is 3.35. The van der Waals surface area contributed by atoms with Crippen LogP contribution in [0.3, 0.4) is 0 Å². The fourth-order valence-corrected chi connectivity index (χ4v) is 2.32. The van der Waals surface area contributed by atoms with Crippen LogP contribution in [0.25, 0.3) is 0 Å². The Kier molecular flexibility index (Phi) is 3.10. The molecule has 0 radical (unpaired) electrons. The molecule has 2 fully saturated rings. The largest absolute Gasteiger partial charge is 0.390 e. The van der Waals surface area contributed by atoms with Crippen LogP contribution in [0.15, 0.2) is 0 Å². The van der Waals surface area contributed by atoms with Gasteiger partial charge in [-0.2, -0.15) is 0 Å². The van der Waals surface area contributed by atoms with Gasteiger partial charge in [-0.05, 0) is 19.8 Å². The molecule has 3 heteroatoms. The van der Waals surface area contributed by atoms with Crippen molar-refractivity contribution in [2.45, 2.75) is 56.8 Å². The number of ether oxygens (including phenoxy) is 1. The fraction of sp³-hybridized carbons (Fsp3) is 1.00. The van der Waals surface area contributed by atoms with Gasteiger partial charge < -0.3 is 15.2 Å². The van der Waals surface area contributed by atoms with Gasteiger partial charge in [-0.15, -0.1) is 0 Å². The van der Waals surface area contributed by atoms with Gasteiger partial charge in [-0.25, -0.2) is 0 Å². The second-order valence-corrected chi connectivity index (χ2v) is 4.92. The lowest BCUT2D eigenvalue weighted by molar-refractivity contribution is -0.148. The van der Waals surface area contributed by atoms with Gasteiger partial charge in [0.05, 0.1) is 17.8 Å². The van der Waals surface area contributed by atoms with E-state index in [4.69, 9.17) is 4.74 Å². The number of nitrogens with one attached hydrogen (secondary N) is 1. The average molecular weight is 199 g/mol. The van der Waals surface area contributed by atoms with Crippen molar-refractivity contribution in [3.63, 3.8) is 0 Å². The predicted molar refractivity (Wildman–Crippen MR) is 55.2 cm³/mol. The van der Waals surface area contributed by atoms with Crippen LogP contribution in [0.2, 0.25) is 0 Å². The monoisotopic (exact) mass is 199 g/mol. The summed E-state index contributed by atoms with van der Waals surface area (Å²) in [6.07, 6.45) is 5.36. The molecule has 1 saturated carbocycles. The van der Waals surface area contributed by atoms with Gasteiger partial charge in [0.1, 0.15) is 0 Å². The van der Waals surface area contributed by atoms with E-state index < -0.39 is 0 Å². The Hall–Kier alpha value is -0.120. The highest BCUT2D eigenvalue weighted by atomic mass is 16.5. The van der Waals surface area contributed by atoms with Crippen molar-refractivity contribution in [1.82, 2.24) is 5.32 Å². The number of aliphatic hydroxyl groups excluding tert-OH is 1. The van der Waals surface area contributed by atoms with Crippen molar-refractivity contribution >= 4 is 0 Å². The SMILES string of the molecule is CC1(OC2CCCCCC2O)CNC1. The van der Waals surface area contributed by atoms with Crippen LogP contribution in [0, 0.1) is 0 Å². The first-order valence-electron chi connectivity index (χ1n) is 5.76. The first-order valence-corrected chi connectivity index (χ1v) is 5.76. The molecule has 2 aliphatic rings. The number of aliphatic hydroxyl groups is 1. The molecule has 1 aliphatic carbocycles. The minimum atomic E-state index is -0.241. The summed E-state index contributed by atoms with van der Waals surface area (Å²) in [5.74, 6) is 0. The highest BCUT2D eigenvalue weighted by Crippen LogP contribution is 2.26. The summed E-state index contributed by atoms with van der Waals surface area (Å²) in [6, 6.07) is 0. The molecule has 2 unspecified atom stereocenters. The standard InChI is InChI=1S/C11H21NO2/c1-11(7-12-8-11)14-10-6-4-2-3-5-9(10)13/h9-10,12-13H,2-8H2,1H3. The molecule has 0 amide bonds. The third-order valence-electron chi connectivity index (χ3n) is 3.35. The Morgan fingerprint density at radius 3 is 2.57 bits per heavy atom. The quantitative estimate of drug-likeness (QED) is 0.653. The number of hydrogen-bond acceptors (Lipinski definition) is 3. The van der Waals surface area contributed by atoms with Gasteiger partial charge in [-0.1, -0.05) is 19.3 Å². The molecule has 1 aliphatic heterocycles. The molecule has 0 bridgehead atoms. The van der Waals surface area contributed by atoms with E-state index in [0.717, 1.165) is 32.4 Å². The molecule has 0 spiro atoms. The smallest absolute Gasteiger partial charge is 0.0906 e. The summed E-state index contributed by atoms with van der Waals surface area (Å²) in [7, 11) is 0. The van der Waals surface area contributed by atoms with Crippen LogP contribution in [0.4, 0.5) is 0 Å². The zero-order valence-corrected chi connectivity index (χ0v) is 8.96. The van der Waals surface area contributed by atoms with Crippen molar-refractivity contribution in [3.8, 4) is 0 Å². The van der Waals surface area contributed by atoms with Gasteiger partial charge >= 0.3 is 0 Å². The maximum Gasteiger partial charge on any atom is 0.0906 e. The van der Waals surface area contributed by atoms with E-state index in [-0.39, 0.29) is 17.8 Å². The van der Waals surface area contributed by atoms with Crippen LogP contribution < -0.4 is 5.32 Å². The Morgan fingerprint density at radius 2 is 1.93 bits per heavy atom. The molecule has 2 N–H and O–H groups in total. The van der Waals surface area contributed by atoms with E-state index in [2.05, 4.69) is 12.2 Å². The summed E-state index contributed by atoms with van der Waals surface area (Å²) in [4.78, 5) is 0. The zero-order valence-electron chi connectivity index (χ0n) is 8.96. The molecule has 0 aromatic carbocycles. The Labute approximate surface area is 85.8 Å². The van der Waals surface area contributed by atoms with Gasteiger partial charge in [0.25, 0.3) is 0 Å². The van der Waals surface area contributed by atoms with E-state index in [9.17, 15) is 5.11 Å². The van der Waals surface area contributed by atoms with Crippen molar-refractivity contribution in [2.75, 3.05) is 13.1 Å². The molecule has 1 heterocycles. The lowest BCUT2D eigenvalue weighted by atomic mass is 9.98. The Balaban J connectivity index is 1.87. The Morgan fingerprint density at radius 1 is 1.21 bits per heavy atom. The summed E-state index contributed by atoms with van der Waals surface area (Å²) >= 11 is 0. The molecule has 0 aromatic heterocycles. The van der Waals surface area contributed by atoms with E-state index in [1.54, 1.807) is 0 Å². The van der Waals surface area contributed by atoms with Crippen molar-refractivity contribution < 1.29 is 9.84 Å². The highest BCUT2D eigenvalue weighted by Gasteiger charge is 2.37. The first-order chi connectivity index (χ1) is 6.70. The summed E-state index contributed by atoms with van der Waals surface area (Å²) < 4.78 is 5.99. The van der Waals surface area contributed by atoms with Gasteiger partial charge in [0, 0.05) is 13.1 Å². The summed E-state index contributed by atoms with van der Waals surface area (Å²) in [6.45, 7) is 3.98. The van der Waals surface area contributed by atoms with E-state index in [1.165, 1.54) is 12.8 Å². The predicted octanol–water partition coefficient (Wildman–Crippen LogP) is 1.06. The van der Waals surface area contributed by atoms with E-state index in [0.29, 0.717) is 0 Å². The molecule has 14 heavy (non-hydrogen) atoms. The van der Waals surface area contributed by atoms with Crippen LogP contribution in [0.5, 0.6) is 0 Å². The van der Waals surface area contributed by atoms with E-state index in [1.807, 2.05) is 0 Å². The van der Waals surface area contributed by atoms with Crippen molar-refractivity contribution in [1.29, 1.82) is 0 Å². The molecule has 0 aromatic rings. The topological polar surface area (TPSA) is 41.5 Å². The second kappa shape index (κ2) is 4.17. The number of hydrogen-bond donors (Lipinski definition) is 2. The maximum atomic E-state index is 9.89. The minimum absolute atomic E-state index is 0.0179. The van der Waals surface area contributed by atoms with Crippen LogP contribution in [0.1, 0.15) is 39.0 Å². The van der Waals surface area contributed by atoms with Crippen LogP contribution in [-0.4, -0.2) is 36.0 Å². The summed E-state index contributed by atoms with van der Waals surface area (Å²) in [5, 5.41) is 13.1. The minimum Gasteiger partial charge on any atom is -0.390 e. The third kappa shape index (κ3) is 2.27. The summed E-state index contributed by atoms with van der Waals surface area (Å²) in [5.41, 5.74) is -0.0179. The average Bonchev–Trinajstić information content (AvgIpc) is 2.29. The van der Waals surface area contributed by atoms with Crippen molar-refractivity contribution in [3.05, 3.63) is 0 Å². The zero-order chi connectivity index (χ0) is 10.0. The Bertz CT molecular complexity index is 192. The van der Waals surface area contributed by atoms with Crippen LogP contribution >= 0.6 is 0 Å². The molecular formula is C11H21NO2. The molecule has 3 nitrogen and oxygen atoms in total. The fourth-order valence-electron chi connectivity index (χ4n) is 2.32. The van der Waals surface area contributed by atoms with E-state index >= 15 is 0 Å². The highest BCUT2D eigenvalue weighted by molar-refractivity contribution is 4.92. The second-order valence-electron chi connectivity index (χ2n) is 4.92. The van der Waals surface area contributed by atoms with Gasteiger partial charge in [-0.3, -0.25) is 0 Å². The van der Waals surface area contributed by atoms with Gasteiger partial charge in [0.15, 0.2) is 0 Å². The van der Waals surface area contributed by atoms with Crippen LogP contribution in [-0.2, 0) is 4.74 Å². The van der Waals surface area contributed by atoms with Crippen molar-refractivity contribution in [2.24, 2.45) is 0 Å². The number of rotatable bonds is 2. The molecule has 82 valence electrons.